The van der Waals surface area contributed by atoms with Gasteiger partial charge in [0, 0.05) is 38.8 Å². The Labute approximate surface area is 115 Å². The van der Waals surface area contributed by atoms with Gasteiger partial charge in [-0.25, -0.2) is 8.42 Å². The van der Waals surface area contributed by atoms with Gasteiger partial charge in [-0.1, -0.05) is 6.92 Å². The number of likely N-dealkylation sites (tertiary alicyclic amines) is 1. The van der Waals surface area contributed by atoms with Crippen molar-refractivity contribution in [2.45, 2.75) is 25.8 Å². The average molecular weight is 289 g/mol. The lowest BCUT2D eigenvalue weighted by atomic mass is 9.98. The number of sulfonamides is 1. The van der Waals surface area contributed by atoms with Crippen molar-refractivity contribution in [3.8, 4) is 0 Å². The molecular weight excluding hydrogens is 266 g/mol. The lowest BCUT2D eigenvalue weighted by molar-refractivity contribution is -0.138. The van der Waals surface area contributed by atoms with Crippen molar-refractivity contribution in [2.24, 2.45) is 5.92 Å². The van der Waals surface area contributed by atoms with Crippen LogP contribution in [0.5, 0.6) is 0 Å². The van der Waals surface area contributed by atoms with Crippen molar-refractivity contribution in [2.75, 3.05) is 39.0 Å². The van der Waals surface area contributed by atoms with Crippen LogP contribution in [-0.4, -0.2) is 68.6 Å². The van der Waals surface area contributed by atoms with Gasteiger partial charge in [-0.05, 0) is 12.8 Å². The van der Waals surface area contributed by atoms with E-state index < -0.39 is 10.0 Å². The number of nitrogens with one attached hydrogen (secondary N) is 1. The fraction of sp³-hybridized carbons (Fsp3) is 0.917. The zero-order valence-electron chi connectivity index (χ0n) is 11.6. The summed E-state index contributed by atoms with van der Waals surface area (Å²) in [5.41, 5.74) is 0. The lowest BCUT2D eigenvalue weighted by Gasteiger charge is -2.39. The standard InChI is InChI=1S/C12H23N3O3S/c1-3-15(19(2,17)18)11-4-6-14(7-5-11)12(16)10-8-13-9-10/h10-11,13H,3-9H2,1-2H3. The minimum absolute atomic E-state index is 0.0450. The maximum Gasteiger partial charge on any atom is 0.228 e. The van der Waals surface area contributed by atoms with Crippen molar-refractivity contribution in [3.63, 3.8) is 0 Å². The van der Waals surface area contributed by atoms with Crippen LogP contribution in [0, 0.1) is 5.92 Å². The summed E-state index contributed by atoms with van der Waals surface area (Å²) >= 11 is 0. The van der Waals surface area contributed by atoms with E-state index in [1.54, 1.807) is 4.31 Å². The fourth-order valence-corrected chi connectivity index (χ4v) is 4.08. The average Bonchev–Trinajstić information content (AvgIpc) is 2.26. The Morgan fingerprint density at radius 3 is 2.26 bits per heavy atom. The van der Waals surface area contributed by atoms with Gasteiger partial charge in [-0.15, -0.1) is 0 Å². The van der Waals surface area contributed by atoms with Crippen LogP contribution in [0.4, 0.5) is 0 Å². The molecule has 2 rings (SSSR count). The van der Waals surface area contributed by atoms with E-state index in [-0.39, 0.29) is 17.9 Å². The number of hydrogen-bond donors (Lipinski definition) is 1. The lowest BCUT2D eigenvalue weighted by Crippen LogP contribution is -2.55. The molecule has 2 saturated heterocycles. The van der Waals surface area contributed by atoms with E-state index in [2.05, 4.69) is 5.32 Å². The van der Waals surface area contributed by atoms with Crippen LogP contribution in [0.15, 0.2) is 0 Å². The van der Waals surface area contributed by atoms with Crippen molar-refractivity contribution < 1.29 is 13.2 Å². The van der Waals surface area contributed by atoms with Gasteiger partial charge in [0.25, 0.3) is 0 Å². The topological polar surface area (TPSA) is 69.7 Å². The van der Waals surface area contributed by atoms with Crippen LogP contribution in [0.2, 0.25) is 0 Å². The number of carbonyl (C=O) groups excluding carboxylic acids is 1. The molecule has 7 heteroatoms. The first-order chi connectivity index (χ1) is 8.93. The molecule has 6 nitrogen and oxygen atoms in total. The molecule has 0 aromatic rings. The van der Waals surface area contributed by atoms with Crippen molar-refractivity contribution in [1.29, 1.82) is 0 Å². The molecule has 0 bridgehead atoms. The number of carbonyl (C=O) groups is 1. The summed E-state index contributed by atoms with van der Waals surface area (Å²) in [5.74, 6) is 0.355. The summed E-state index contributed by atoms with van der Waals surface area (Å²) in [6, 6.07) is 0.0450. The zero-order valence-corrected chi connectivity index (χ0v) is 12.4. The third kappa shape index (κ3) is 3.27. The zero-order chi connectivity index (χ0) is 14.0. The van der Waals surface area contributed by atoms with E-state index in [0.717, 1.165) is 25.9 Å². The maximum absolute atomic E-state index is 12.1. The van der Waals surface area contributed by atoms with Crippen LogP contribution < -0.4 is 5.32 Å². The van der Waals surface area contributed by atoms with Crippen LogP contribution in [0.1, 0.15) is 19.8 Å². The summed E-state index contributed by atoms with van der Waals surface area (Å²) < 4.78 is 24.9. The van der Waals surface area contributed by atoms with E-state index in [1.165, 1.54) is 6.26 Å². The Bertz CT molecular complexity index is 426. The normalized spacial score (nSPS) is 22.6. The molecule has 0 unspecified atom stereocenters. The summed E-state index contributed by atoms with van der Waals surface area (Å²) in [5, 5.41) is 3.10. The molecule has 0 radical (unpaired) electrons. The minimum atomic E-state index is -3.14. The molecule has 0 aliphatic carbocycles. The van der Waals surface area contributed by atoms with E-state index in [4.69, 9.17) is 0 Å². The van der Waals surface area contributed by atoms with Crippen LogP contribution >= 0.6 is 0 Å². The maximum atomic E-state index is 12.1. The van der Waals surface area contributed by atoms with Gasteiger partial charge in [0.05, 0.1) is 12.2 Å². The van der Waals surface area contributed by atoms with E-state index in [0.29, 0.717) is 19.6 Å². The van der Waals surface area contributed by atoms with Gasteiger partial charge < -0.3 is 10.2 Å². The summed E-state index contributed by atoms with van der Waals surface area (Å²) in [6.07, 6.45) is 2.74. The molecule has 19 heavy (non-hydrogen) atoms. The molecule has 1 amide bonds. The minimum Gasteiger partial charge on any atom is -0.342 e. The second kappa shape index (κ2) is 5.76. The van der Waals surface area contributed by atoms with E-state index in [9.17, 15) is 13.2 Å². The van der Waals surface area contributed by atoms with Gasteiger partial charge in [0.15, 0.2) is 0 Å². The number of hydrogen-bond acceptors (Lipinski definition) is 4. The third-order valence-corrected chi connectivity index (χ3v) is 5.46. The highest BCUT2D eigenvalue weighted by Gasteiger charge is 2.34. The molecule has 2 fully saturated rings. The number of rotatable bonds is 4. The third-order valence-electron chi connectivity index (χ3n) is 4.05. The molecule has 0 aromatic heterocycles. The van der Waals surface area contributed by atoms with Gasteiger partial charge in [0.1, 0.15) is 0 Å². The van der Waals surface area contributed by atoms with Gasteiger partial charge in [-0.3, -0.25) is 4.79 Å². The first-order valence-corrected chi connectivity index (χ1v) is 8.74. The quantitative estimate of drug-likeness (QED) is 0.756. The molecule has 2 aliphatic rings. The Kier molecular flexibility index (Phi) is 4.47. The van der Waals surface area contributed by atoms with Gasteiger partial charge in [0.2, 0.25) is 15.9 Å². The Morgan fingerprint density at radius 2 is 1.89 bits per heavy atom. The van der Waals surface area contributed by atoms with Gasteiger partial charge in [-0.2, -0.15) is 4.31 Å². The number of nitrogens with zero attached hydrogens (tertiary/aromatic N) is 2. The molecule has 0 aromatic carbocycles. The molecule has 0 atom stereocenters. The molecular formula is C12H23N3O3S. The Balaban J connectivity index is 1.89. The number of piperidine rings is 1. The second-order valence-corrected chi connectivity index (χ2v) is 7.31. The first-order valence-electron chi connectivity index (χ1n) is 6.89. The SMILES string of the molecule is CCN(C1CCN(C(=O)C2CNC2)CC1)S(C)(=O)=O. The van der Waals surface area contributed by atoms with E-state index in [1.807, 2.05) is 11.8 Å². The fourth-order valence-electron chi connectivity index (χ4n) is 2.86. The summed E-state index contributed by atoms with van der Waals surface area (Å²) in [4.78, 5) is 14.0. The first kappa shape index (κ1) is 14.7. The highest BCUT2D eigenvalue weighted by molar-refractivity contribution is 7.88. The highest BCUT2D eigenvalue weighted by atomic mass is 32.2. The van der Waals surface area contributed by atoms with Crippen LogP contribution in [-0.2, 0) is 14.8 Å². The molecule has 2 heterocycles. The highest BCUT2D eigenvalue weighted by Crippen LogP contribution is 2.21. The van der Waals surface area contributed by atoms with Gasteiger partial charge >= 0.3 is 0 Å². The largest absolute Gasteiger partial charge is 0.342 e. The molecule has 0 saturated carbocycles. The molecule has 1 N–H and O–H groups in total. The number of amides is 1. The molecule has 110 valence electrons. The van der Waals surface area contributed by atoms with E-state index >= 15 is 0 Å². The Hall–Kier alpha value is -0.660. The predicted octanol–water partition coefficient (Wildman–Crippen LogP) is -0.522. The van der Waals surface area contributed by atoms with Crippen molar-refractivity contribution in [1.82, 2.24) is 14.5 Å². The van der Waals surface area contributed by atoms with Crippen molar-refractivity contribution >= 4 is 15.9 Å². The molecule has 2 aliphatic heterocycles. The summed E-state index contributed by atoms with van der Waals surface area (Å²) in [7, 11) is -3.14. The monoisotopic (exact) mass is 289 g/mol. The van der Waals surface area contributed by atoms with Crippen LogP contribution in [0.3, 0.4) is 0 Å². The smallest absolute Gasteiger partial charge is 0.228 e. The van der Waals surface area contributed by atoms with Crippen LogP contribution in [0.25, 0.3) is 0 Å². The Morgan fingerprint density at radius 1 is 1.32 bits per heavy atom. The summed E-state index contributed by atoms with van der Waals surface area (Å²) in [6.45, 7) is 5.27. The second-order valence-electron chi connectivity index (χ2n) is 5.38. The molecule has 0 spiro atoms. The van der Waals surface area contributed by atoms with Crippen molar-refractivity contribution in [3.05, 3.63) is 0 Å². The predicted molar refractivity (Wildman–Crippen MR) is 73.2 cm³/mol.